The van der Waals surface area contributed by atoms with Gasteiger partial charge in [0, 0.05) is 11.8 Å². The van der Waals surface area contributed by atoms with Gasteiger partial charge in [0.25, 0.3) is 0 Å². The average Bonchev–Trinajstić information content (AvgIpc) is 2.26. The fraction of sp³-hybridized carbons (Fsp3) is 0.154. The molecule has 0 saturated heterocycles. The van der Waals surface area contributed by atoms with Gasteiger partial charge in [0.1, 0.15) is 11.6 Å². The van der Waals surface area contributed by atoms with Crippen LogP contribution in [0.4, 0.5) is 19.0 Å². The molecule has 0 fully saturated rings. The number of nitrogens with zero attached hydrogens (tertiary/aromatic N) is 1. The van der Waals surface area contributed by atoms with Crippen LogP contribution in [0, 0.1) is 6.92 Å². The maximum absolute atomic E-state index is 12.2. The van der Waals surface area contributed by atoms with Crippen molar-refractivity contribution in [3.8, 4) is 16.9 Å². The van der Waals surface area contributed by atoms with Gasteiger partial charge in [0.2, 0.25) is 0 Å². The molecule has 2 N–H and O–H groups in total. The number of halogens is 3. The van der Waals surface area contributed by atoms with E-state index in [1.807, 2.05) is 6.92 Å². The van der Waals surface area contributed by atoms with Crippen LogP contribution in [0.2, 0.25) is 0 Å². The van der Waals surface area contributed by atoms with Crippen LogP contribution in [0.25, 0.3) is 11.1 Å². The molecule has 2 rings (SSSR count). The summed E-state index contributed by atoms with van der Waals surface area (Å²) < 4.78 is 40.4. The van der Waals surface area contributed by atoms with Gasteiger partial charge in [-0.1, -0.05) is 12.1 Å². The number of alkyl halides is 3. The normalized spacial score (nSPS) is 11.4. The first-order valence-corrected chi connectivity index (χ1v) is 5.43. The van der Waals surface area contributed by atoms with Gasteiger partial charge in [0.15, 0.2) is 0 Å². The van der Waals surface area contributed by atoms with Gasteiger partial charge in [-0.15, -0.1) is 13.2 Å². The molecule has 6 heteroatoms. The van der Waals surface area contributed by atoms with Crippen LogP contribution in [-0.4, -0.2) is 11.3 Å². The first kappa shape index (κ1) is 13.2. The van der Waals surface area contributed by atoms with Crippen LogP contribution in [-0.2, 0) is 0 Å². The Morgan fingerprint density at radius 1 is 1.21 bits per heavy atom. The third-order valence-corrected chi connectivity index (χ3v) is 2.51. The summed E-state index contributed by atoms with van der Waals surface area (Å²) in [6.07, 6.45) is -3.18. The Balaban J connectivity index is 2.38. The van der Waals surface area contributed by atoms with Crippen molar-refractivity contribution in [3.63, 3.8) is 0 Å². The fourth-order valence-corrected chi connectivity index (χ4v) is 1.74. The molecule has 0 bridgehead atoms. The molecule has 0 unspecified atom stereocenters. The number of nitrogen functional groups attached to an aromatic ring is 1. The molecule has 0 aliphatic heterocycles. The smallest absolute Gasteiger partial charge is 0.406 e. The van der Waals surface area contributed by atoms with E-state index < -0.39 is 6.36 Å². The third-order valence-electron chi connectivity index (χ3n) is 2.51. The van der Waals surface area contributed by atoms with Crippen LogP contribution in [0.15, 0.2) is 36.5 Å². The Kier molecular flexibility index (Phi) is 3.33. The van der Waals surface area contributed by atoms with Crippen LogP contribution in [0.5, 0.6) is 5.75 Å². The van der Waals surface area contributed by atoms with Crippen LogP contribution >= 0.6 is 0 Å². The zero-order chi connectivity index (χ0) is 14.0. The maximum Gasteiger partial charge on any atom is 0.573 e. The number of hydrogen-bond acceptors (Lipinski definition) is 3. The molecule has 0 aliphatic rings. The van der Waals surface area contributed by atoms with Crippen molar-refractivity contribution >= 4 is 5.82 Å². The van der Waals surface area contributed by atoms with Gasteiger partial charge in [-0.05, 0) is 36.2 Å². The summed E-state index contributed by atoms with van der Waals surface area (Å²) in [5.74, 6) is 0.102. The Labute approximate surface area is 107 Å². The zero-order valence-electron chi connectivity index (χ0n) is 10.0. The molecular formula is C13H11F3N2O. The highest BCUT2D eigenvalue weighted by molar-refractivity contribution is 5.68. The second kappa shape index (κ2) is 4.79. The minimum atomic E-state index is -4.70. The number of pyridine rings is 1. The summed E-state index contributed by atoms with van der Waals surface area (Å²) in [4.78, 5) is 3.94. The quantitative estimate of drug-likeness (QED) is 0.906. The molecule has 0 saturated carbocycles. The summed E-state index contributed by atoms with van der Waals surface area (Å²) in [6.45, 7) is 1.81. The molecule has 3 nitrogen and oxygen atoms in total. The molecule has 19 heavy (non-hydrogen) atoms. The Bertz CT molecular complexity index is 597. The molecule has 100 valence electrons. The van der Waals surface area contributed by atoms with Crippen LogP contribution in [0.1, 0.15) is 5.56 Å². The topological polar surface area (TPSA) is 48.1 Å². The van der Waals surface area contributed by atoms with Crippen molar-refractivity contribution in [2.24, 2.45) is 0 Å². The van der Waals surface area contributed by atoms with Gasteiger partial charge in [-0.3, -0.25) is 0 Å². The van der Waals surface area contributed by atoms with Gasteiger partial charge < -0.3 is 10.5 Å². The Hall–Kier alpha value is -2.24. The van der Waals surface area contributed by atoms with Crippen LogP contribution < -0.4 is 10.5 Å². The number of aromatic nitrogens is 1. The standard InChI is InChI=1S/C13H11F3N2O/c1-8-5-12(17)18-7-11(8)9-3-2-4-10(6-9)19-13(14,15)16/h2-7H,1H3,(H2,17,18). The molecule has 2 aromatic rings. The lowest BCUT2D eigenvalue weighted by Crippen LogP contribution is -2.17. The van der Waals surface area contributed by atoms with E-state index in [1.165, 1.54) is 24.4 Å². The molecule has 1 aromatic heterocycles. The lowest BCUT2D eigenvalue weighted by Gasteiger charge is -2.11. The lowest BCUT2D eigenvalue weighted by atomic mass is 10.0. The first-order chi connectivity index (χ1) is 8.85. The maximum atomic E-state index is 12.2. The molecule has 0 amide bonds. The minimum absolute atomic E-state index is 0.263. The number of anilines is 1. The first-order valence-electron chi connectivity index (χ1n) is 5.43. The van der Waals surface area contributed by atoms with E-state index in [0.717, 1.165) is 5.56 Å². The summed E-state index contributed by atoms with van der Waals surface area (Å²) in [5, 5.41) is 0. The van der Waals surface area contributed by atoms with Gasteiger partial charge in [-0.2, -0.15) is 0 Å². The van der Waals surface area contributed by atoms with E-state index in [2.05, 4.69) is 9.72 Å². The number of benzene rings is 1. The molecule has 1 heterocycles. The van der Waals surface area contributed by atoms with E-state index in [9.17, 15) is 13.2 Å². The van der Waals surface area contributed by atoms with E-state index >= 15 is 0 Å². The Morgan fingerprint density at radius 3 is 2.58 bits per heavy atom. The van der Waals surface area contributed by atoms with Gasteiger partial charge in [0.05, 0.1) is 0 Å². The van der Waals surface area contributed by atoms with Crippen LogP contribution in [0.3, 0.4) is 0 Å². The average molecular weight is 268 g/mol. The largest absolute Gasteiger partial charge is 0.573 e. The van der Waals surface area contributed by atoms with Gasteiger partial charge >= 0.3 is 6.36 Å². The summed E-state index contributed by atoms with van der Waals surface area (Å²) >= 11 is 0. The second-order valence-electron chi connectivity index (χ2n) is 4.00. The predicted octanol–water partition coefficient (Wildman–Crippen LogP) is 3.54. The SMILES string of the molecule is Cc1cc(N)ncc1-c1cccc(OC(F)(F)F)c1. The number of hydrogen-bond donors (Lipinski definition) is 1. The summed E-state index contributed by atoms with van der Waals surface area (Å²) in [6, 6.07) is 7.40. The number of rotatable bonds is 2. The van der Waals surface area contributed by atoms with Crippen molar-refractivity contribution < 1.29 is 17.9 Å². The summed E-state index contributed by atoms with van der Waals surface area (Å²) in [7, 11) is 0. The monoisotopic (exact) mass is 268 g/mol. The molecule has 0 aliphatic carbocycles. The van der Waals surface area contributed by atoms with E-state index in [-0.39, 0.29) is 5.75 Å². The van der Waals surface area contributed by atoms with E-state index in [1.54, 1.807) is 12.1 Å². The second-order valence-corrected chi connectivity index (χ2v) is 4.00. The van der Waals surface area contributed by atoms with E-state index in [4.69, 9.17) is 5.73 Å². The number of ether oxygens (including phenoxy) is 1. The van der Waals surface area contributed by atoms with Crippen molar-refractivity contribution in [2.45, 2.75) is 13.3 Å². The zero-order valence-corrected chi connectivity index (χ0v) is 10.0. The van der Waals surface area contributed by atoms with E-state index in [0.29, 0.717) is 16.9 Å². The van der Waals surface area contributed by atoms with Crippen molar-refractivity contribution in [2.75, 3.05) is 5.73 Å². The molecule has 1 aromatic carbocycles. The molecule has 0 radical (unpaired) electrons. The van der Waals surface area contributed by atoms with Crippen molar-refractivity contribution in [1.82, 2.24) is 4.98 Å². The highest BCUT2D eigenvalue weighted by Gasteiger charge is 2.31. The fourth-order valence-electron chi connectivity index (χ4n) is 1.74. The number of aryl methyl sites for hydroxylation is 1. The molecule has 0 spiro atoms. The molecule has 0 atom stereocenters. The van der Waals surface area contributed by atoms with Gasteiger partial charge in [-0.25, -0.2) is 4.98 Å². The lowest BCUT2D eigenvalue weighted by molar-refractivity contribution is -0.274. The number of nitrogens with two attached hydrogens (primary N) is 1. The highest BCUT2D eigenvalue weighted by Crippen LogP contribution is 2.29. The predicted molar refractivity (Wildman–Crippen MR) is 65.5 cm³/mol. The highest BCUT2D eigenvalue weighted by atomic mass is 19.4. The third kappa shape index (κ3) is 3.37. The van der Waals surface area contributed by atoms with Crippen molar-refractivity contribution in [1.29, 1.82) is 0 Å². The summed E-state index contributed by atoms with van der Waals surface area (Å²) in [5.41, 5.74) is 7.66. The minimum Gasteiger partial charge on any atom is -0.406 e. The Morgan fingerprint density at radius 2 is 1.95 bits per heavy atom. The molecular weight excluding hydrogens is 257 g/mol. The van der Waals surface area contributed by atoms with Crippen molar-refractivity contribution in [3.05, 3.63) is 42.1 Å².